The van der Waals surface area contributed by atoms with Gasteiger partial charge in [-0.2, -0.15) is 0 Å². The third kappa shape index (κ3) is 2.49. The van der Waals surface area contributed by atoms with Crippen molar-refractivity contribution in [1.29, 1.82) is 0 Å². The summed E-state index contributed by atoms with van der Waals surface area (Å²) in [5.74, 6) is 0.810. The molecule has 0 aliphatic carbocycles. The van der Waals surface area contributed by atoms with Crippen molar-refractivity contribution in [2.24, 2.45) is 5.92 Å². The second kappa shape index (κ2) is 5.40. The zero-order valence-corrected chi connectivity index (χ0v) is 10.7. The minimum Gasteiger partial charge on any atom is -0.384 e. The summed E-state index contributed by atoms with van der Waals surface area (Å²) in [7, 11) is 0. The number of hydrogen-bond acceptors (Lipinski definition) is 2. The van der Waals surface area contributed by atoms with Gasteiger partial charge in [0.05, 0.1) is 0 Å². The molecule has 2 N–H and O–H groups in total. The van der Waals surface area contributed by atoms with E-state index in [2.05, 4.69) is 53.1 Å². The van der Waals surface area contributed by atoms with Crippen LogP contribution in [0.25, 0.3) is 10.8 Å². The fourth-order valence-corrected chi connectivity index (χ4v) is 2.72. The fraction of sp³-hybridized carbons (Fsp3) is 0.375. The molecule has 0 bridgehead atoms. The molecule has 2 nitrogen and oxygen atoms in total. The molecule has 0 amide bonds. The van der Waals surface area contributed by atoms with Crippen molar-refractivity contribution in [3.8, 4) is 0 Å². The lowest BCUT2D eigenvalue weighted by atomic mass is 9.98. The Morgan fingerprint density at radius 2 is 1.78 bits per heavy atom. The maximum Gasteiger partial charge on any atom is 0.0419 e. The summed E-state index contributed by atoms with van der Waals surface area (Å²) < 4.78 is 0. The molecule has 0 atom stereocenters. The highest BCUT2D eigenvalue weighted by atomic mass is 14.9. The normalized spacial score (nSPS) is 16.9. The molecule has 2 heteroatoms. The molecule has 3 rings (SSSR count). The highest BCUT2D eigenvalue weighted by Gasteiger charge is 2.12. The van der Waals surface area contributed by atoms with E-state index in [9.17, 15) is 0 Å². The molecule has 18 heavy (non-hydrogen) atoms. The van der Waals surface area contributed by atoms with Gasteiger partial charge in [0.1, 0.15) is 0 Å². The van der Waals surface area contributed by atoms with Crippen LogP contribution >= 0.6 is 0 Å². The van der Waals surface area contributed by atoms with Crippen molar-refractivity contribution in [1.82, 2.24) is 5.32 Å². The van der Waals surface area contributed by atoms with Gasteiger partial charge in [-0.25, -0.2) is 0 Å². The van der Waals surface area contributed by atoms with E-state index < -0.39 is 0 Å². The van der Waals surface area contributed by atoms with Crippen molar-refractivity contribution in [2.45, 2.75) is 12.8 Å². The molecule has 0 saturated carbocycles. The minimum atomic E-state index is 0.810. The number of rotatable bonds is 3. The van der Waals surface area contributed by atoms with Gasteiger partial charge in [0.2, 0.25) is 0 Å². The molecule has 0 spiro atoms. The SMILES string of the molecule is c1ccc2c(NCC3CCNCC3)cccc2c1. The largest absolute Gasteiger partial charge is 0.384 e. The first-order valence-corrected chi connectivity index (χ1v) is 6.86. The summed E-state index contributed by atoms with van der Waals surface area (Å²) >= 11 is 0. The van der Waals surface area contributed by atoms with Crippen LogP contribution < -0.4 is 10.6 Å². The molecule has 94 valence electrons. The molecule has 2 aromatic rings. The highest BCUT2D eigenvalue weighted by Crippen LogP contribution is 2.23. The average molecular weight is 240 g/mol. The van der Waals surface area contributed by atoms with Crippen molar-refractivity contribution >= 4 is 16.5 Å². The van der Waals surface area contributed by atoms with E-state index in [4.69, 9.17) is 0 Å². The van der Waals surface area contributed by atoms with Crippen molar-refractivity contribution in [3.05, 3.63) is 42.5 Å². The van der Waals surface area contributed by atoms with Gasteiger partial charge in [0, 0.05) is 17.6 Å². The summed E-state index contributed by atoms with van der Waals surface area (Å²) in [4.78, 5) is 0. The molecule has 0 radical (unpaired) electrons. The first kappa shape index (κ1) is 11.5. The molecule has 2 aromatic carbocycles. The Hall–Kier alpha value is -1.54. The van der Waals surface area contributed by atoms with E-state index in [1.807, 2.05) is 0 Å². The van der Waals surface area contributed by atoms with Gasteiger partial charge in [0.15, 0.2) is 0 Å². The number of hydrogen-bond donors (Lipinski definition) is 2. The molecule has 1 aliphatic heterocycles. The molecule has 1 fully saturated rings. The quantitative estimate of drug-likeness (QED) is 0.860. The molecule has 1 heterocycles. The van der Waals surface area contributed by atoms with E-state index in [0.29, 0.717) is 0 Å². The second-order valence-corrected chi connectivity index (χ2v) is 5.10. The molecular weight excluding hydrogens is 220 g/mol. The number of anilines is 1. The van der Waals surface area contributed by atoms with E-state index in [0.717, 1.165) is 12.5 Å². The topological polar surface area (TPSA) is 24.1 Å². The number of nitrogens with one attached hydrogen (secondary N) is 2. The van der Waals surface area contributed by atoms with E-state index in [1.165, 1.54) is 42.4 Å². The Morgan fingerprint density at radius 3 is 2.67 bits per heavy atom. The van der Waals surface area contributed by atoms with Crippen LogP contribution in [0.4, 0.5) is 5.69 Å². The summed E-state index contributed by atoms with van der Waals surface area (Å²) in [6.45, 7) is 3.43. The van der Waals surface area contributed by atoms with Gasteiger partial charge in [0.25, 0.3) is 0 Å². The minimum absolute atomic E-state index is 0.810. The van der Waals surface area contributed by atoms with Crippen molar-refractivity contribution in [2.75, 3.05) is 25.0 Å². The smallest absolute Gasteiger partial charge is 0.0419 e. The van der Waals surface area contributed by atoms with Crippen LogP contribution in [0.3, 0.4) is 0 Å². The summed E-state index contributed by atoms with van der Waals surface area (Å²) in [6.07, 6.45) is 2.58. The molecule has 1 saturated heterocycles. The van der Waals surface area contributed by atoms with Gasteiger partial charge < -0.3 is 10.6 Å². The van der Waals surface area contributed by atoms with Crippen molar-refractivity contribution < 1.29 is 0 Å². The Bertz CT molecular complexity index is 510. The molecule has 0 aromatic heterocycles. The van der Waals surface area contributed by atoms with Gasteiger partial charge in [-0.1, -0.05) is 36.4 Å². The predicted octanol–water partition coefficient (Wildman–Crippen LogP) is 3.25. The maximum atomic E-state index is 3.63. The second-order valence-electron chi connectivity index (χ2n) is 5.10. The number of fused-ring (bicyclic) bond motifs is 1. The van der Waals surface area contributed by atoms with Crippen LogP contribution in [0.5, 0.6) is 0 Å². The summed E-state index contributed by atoms with van der Waals surface area (Å²) in [5, 5.41) is 9.68. The lowest BCUT2D eigenvalue weighted by Crippen LogP contribution is -2.31. The predicted molar refractivity (Wildman–Crippen MR) is 78.0 cm³/mol. The van der Waals surface area contributed by atoms with Crippen LogP contribution in [0, 0.1) is 5.92 Å². The lowest BCUT2D eigenvalue weighted by molar-refractivity contribution is 0.390. The van der Waals surface area contributed by atoms with E-state index >= 15 is 0 Å². The number of piperidine rings is 1. The zero-order chi connectivity index (χ0) is 12.2. The average Bonchev–Trinajstić information content (AvgIpc) is 2.46. The van der Waals surface area contributed by atoms with E-state index in [1.54, 1.807) is 0 Å². The van der Waals surface area contributed by atoms with Crippen LogP contribution in [0.2, 0.25) is 0 Å². The summed E-state index contributed by atoms with van der Waals surface area (Å²) in [5.41, 5.74) is 1.27. The van der Waals surface area contributed by atoms with E-state index in [-0.39, 0.29) is 0 Å². The fourth-order valence-electron chi connectivity index (χ4n) is 2.72. The van der Waals surface area contributed by atoms with Crippen LogP contribution in [-0.4, -0.2) is 19.6 Å². The molecule has 1 aliphatic rings. The van der Waals surface area contributed by atoms with Crippen molar-refractivity contribution in [3.63, 3.8) is 0 Å². The Kier molecular flexibility index (Phi) is 3.47. The molecular formula is C16H20N2. The lowest BCUT2D eigenvalue weighted by Gasteiger charge is -2.23. The van der Waals surface area contributed by atoms with Crippen LogP contribution in [0.15, 0.2) is 42.5 Å². The number of benzene rings is 2. The van der Waals surface area contributed by atoms with Gasteiger partial charge in [-0.15, -0.1) is 0 Å². The zero-order valence-electron chi connectivity index (χ0n) is 10.7. The third-order valence-electron chi connectivity index (χ3n) is 3.83. The van der Waals surface area contributed by atoms with Gasteiger partial charge >= 0.3 is 0 Å². The molecule has 0 unspecified atom stereocenters. The van der Waals surface area contributed by atoms with Crippen LogP contribution in [0.1, 0.15) is 12.8 Å². The maximum absolute atomic E-state index is 3.63. The first-order chi connectivity index (χ1) is 8.93. The standard InChI is InChI=1S/C16H20N2/c1-2-6-15-14(4-1)5-3-7-16(15)18-12-13-8-10-17-11-9-13/h1-7,13,17-18H,8-12H2. The van der Waals surface area contributed by atoms with Gasteiger partial charge in [-0.3, -0.25) is 0 Å². The Labute approximate surface area is 108 Å². The first-order valence-electron chi connectivity index (χ1n) is 6.86. The highest BCUT2D eigenvalue weighted by molar-refractivity contribution is 5.93. The monoisotopic (exact) mass is 240 g/mol. The van der Waals surface area contributed by atoms with Gasteiger partial charge in [-0.05, 0) is 43.3 Å². The van der Waals surface area contributed by atoms with Crippen LogP contribution in [-0.2, 0) is 0 Å². The summed E-state index contributed by atoms with van der Waals surface area (Å²) in [6, 6.07) is 15.1. The third-order valence-corrected chi connectivity index (χ3v) is 3.83. The Morgan fingerprint density at radius 1 is 1.00 bits per heavy atom. The Balaban J connectivity index is 1.74.